The highest BCUT2D eigenvalue weighted by Crippen LogP contribution is 2.32. The Morgan fingerprint density at radius 2 is 1.91 bits per heavy atom. The van der Waals surface area contributed by atoms with Gasteiger partial charge in [0.2, 0.25) is 5.91 Å². The van der Waals surface area contributed by atoms with Crippen LogP contribution in [0.3, 0.4) is 0 Å². The fourth-order valence-electron chi connectivity index (χ4n) is 3.21. The normalized spacial score (nSPS) is 13.1. The molecule has 0 bridgehead atoms. The summed E-state index contributed by atoms with van der Waals surface area (Å²) in [4.78, 5) is 37.5. The third-order valence-electron chi connectivity index (χ3n) is 4.93. The van der Waals surface area contributed by atoms with Crippen molar-refractivity contribution >= 4 is 41.1 Å². The number of nitrogens with zero attached hydrogens (tertiary/aromatic N) is 2. The lowest BCUT2D eigenvalue weighted by Crippen LogP contribution is -2.23. The largest absolute Gasteiger partial charge is 0.452 e. The fourth-order valence-corrected chi connectivity index (χ4v) is 3.99. The molecule has 1 aliphatic heterocycles. The minimum absolute atomic E-state index is 0.123. The summed E-state index contributed by atoms with van der Waals surface area (Å²) in [6, 6.07) is 16.2. The van der Waals surface area contributed by atoms with E-state index in [1.165, 1.54) is 11.8 Å². The molecule has 2 N–H and O–H groups in total. The Hall–Kier alpha value is -3.59. The number of esters is 1. The van der Waals surface area contributed by atoms with Gasteiger partial charge in [0.1, 0.15) is 5.82 Å². The van der Waals surface area contributed by atoms with Crippen LogP contribution in [0.1, 0.15) is 36.8 Å². The monoisotopic (exact) mass is 464 g/mol. The van der Waals surface area contributed by atoms with Crippen molar-refractivity contribution in [2.45, 2.75) is 31.1 Å². The van der Waals surface area contributed by atoms with Crippen LogP contribution in [0.2, 0.25) is 0 Å². The molecule has 3 aromatic rings. The molecule has 0 saturated carbocycles. The summed E-state index contributed by atoms with van der Waals surface area (Å²) >= 11 is 1.40. The predicted octanol–water partition coefficient (Wildman–Crippen LogP) is 4.01. The van der Waals surface area contributed by atoms with E-state index in [-0.39, 0.29) is 16.9 Å². The maximum atomic E-state index is 12.6. The van der Waals surface area contributed by atoms with E-state index in [2.05, 4.69) is 15.7 Å². The molecule has 0 unspecified atom stereocenters. The number of hydrogen-bond donors (Lipinski definition) is 2. The summed E-state index contributed by atoms with van der Waals surface area (Å²) in [5.41, 5.74) is 2.22. The summed E-state index contributed by atoms with van der Waals surface area (Å²) in [5, 5.41) is 10.2. The van der Waals surface area contributed by atoms with E-state index in [1.54, 1.807) is 22.9 Å². The molecule has 0 aliphatic carbocycles. The number of amides is 2. The number of rotatable bonds is 5. The second kappa shape index (κ2) is 9.11. The number of nitrogens with one attached hydrogen (secondary N) is 2. The molecule has 0 atom stereocenters. The van der Waals surface area contributed by atoms with E-state index in [1.807, 2.05) is 57.2 Å². The molecule has 2 heterocycles. The zero-order valence-electron chi connectivity index (χ0n) is 18.5. The lowest BCUT2D eigenvalue weighted by Gasteiger charge is -2.16. The van der Waals surface area contributed by atoms with Crippen molar-refractivity contribution in [3.8, 4) is 5.69 Å². The van der Waals surface area contributed by atoms with Crippen molar-refractivity contribution in [3.05, 3.63) is 65.9 Å². The summed E-state index contributed by atoms with van der Waals surface area (Å²) in [6.45, 7) is 5.66. The number of para-hydroxylation sites is 1. The van der Waals surface area contributed by atoms with Crippen LogP contribution >= 0.6 is 11.8 Å². The Morgan fingerprint density at radius 3 is 2.64 bits per heavy atom. The van der Waals surface area contributed by atoms with Crippen LogP contribution in [0.5, 0.6) is 0 Å². The zero-order chi connectivity index (χ0) is 23.6. The second-order valence-corrected chi connectivity index (χ2v) is 9.60. The molecule has 1 aromatic heterocycles. The highest BCUT2D eigenvalue weighted by atomic mass is 32.2. The first-order chi connectivity index (χ1) is 15.7. The number of carbonyl (C=O) groups is 3. The molecule has 2 amide bonds. The van der Waals surface area contributed by atoms with Gasteiger partial charge in [-0.3, -0.25) is 9.59 Å². The van der Waals surface area contributed by atoms with Gasteiger partial charge in [0, 0.05) is 16.4 Å². The van der Waals surface area contributed by atoms with Crippen LogP contribution in [-0.4, -0.2) is 39.9 Å². The minimum atomic E-state index is -0.648. The van der Waals surface area contributed by atoms with Crippen LogP contribution < -0.4 is 10.6 Å². The van der Waals surface area contributed by atoms with Crippen molar-refractivity contribution in [1.82, 2.24) is 9.78 Å². The lowest BCUT2D eigenvalue weighted by molar-refractivity contribution is -0.119. The first kappa shape index (κ1) is 22.6. The number of benzene rings is 2. The van der Waals surface area contributed by atoms with E-state index in [0.717, 1.165) is 16.3 Å². The quantitative estimate of drug-likeness (QED) is 0.553. The van der Waals surface area contributed by atoms with Gasteiger partial charge in [0.25, 0.3) is 5.91 Å². The molecule has 1 aliphatic rings. The molecule has 0 radical (unpaired) electrons. The fraction of sp³-hybridized carbons (Fsp3) is 0.250. The highest BCUT2D eigenvalue weighted by Gasteiger charge is 2.22. The number of thioether (sulfide) groups is 1. The van der Waals surface area contributed by atoms with Crippen molar-refractivity contribution in [1.29, 1.82) is 0 Å². The van der Waals surface area contributed by atoms with Gasteiger partial charge in [-0.05, 0) is 30.3 Å². The van der Waals surface area contributed by atoms with Gasteiger partial charge in [-0.1, -0.05) is 39.0 Å². The van der Waals surface area contributed by atoms with Gasteiger partial charge < -0.3 is 15.4 Å². The minimum Gasteiger partial charge on any atom is -0.452 e. The van der Waals surface area contributed by atoms with Gasteiger partial charge in [-0.15, -0.1) is 11.8 Å². The molecule has 170 valence electrons. The van der Waals surface area contributed by atoms with E-state index >= 15 is 0 Å². The summed E-state index contributed by atoms with van der Waals surface area (Å²) in [6.07, 6.45) is 0. The standard InChI is InChI=1S/C24H24N4O4S/c1-24(2,3)19-12-20(28(27-19)16-7-5-4-6-8-16)26-21(29)13-32-23(31)15-9-10-18-17(11-15)25-22(30)14-33-18/h4-12H,13-14H2,1-3H3,(H,25,30)(H,26,29). The maximum absolute atomic E-state index is 12.6. The Balaban J connectivity index is 1.45. The molecule has 9 heteroatoms. The molecule has 8 nitrogen and oxygen atoms in total. The smallest absolute Gasteiger partial charge is 0.338 e. The Morgan fingerprint density at radius 1 is 1.15 bits per heavy atom. The molecule has 0 spiro atoms. The molecule has 4 rings (SSSR count). The van der Waals surface area contributed by atoms with Crippen molar-refractivity contribution < 1.29 is 19.1 Å². The predicted molar refractivity (Wildman–Crippen MR) is 127 cm³/mol. The molecular weight excluding hydrogens is 440 g/mol. The van der Waals surface area contributed by atoms with Crippen LogP contribution in [0.25, 0.3) is 5.69 Å². The molecule has 0 fully saturated rings. The molecular formula is C24H24N4O4S. The molecule has 0 saturated heterocycles. The average Bonchev–Trinajstić information content (AvgIpc) is 3.22. The summed E-state index contributed by atoms with van der Waals surface area (Å²) in [7, 11) is 0. The van der Waals surface area contributed by atoms with Crippen molar-refractivity contribution in [2.75, 3.05) is 23.0 Å². The van der Waals surface area contributed by atoms with Crippen LogP contribution in [0, 0.1) is 0 Å². The van der Waals surface area contributed by atoms with Crippen molar-refractivity contribution in [3.63, 3.8) is 0 Å². The van der Waals surface area contributed by atoms with E-state index in [9.17, 15) is 14.4 Å². The number of anilines is 2. The number of carbonyl (C=O) groups excluding carboxylic acids is 3. The topological polar surface area (TPSA) is 102 Å². The summed E-state index contributed by atoms with van der Waals surface area (Å²) in [5.74, 6) is -0.428. The third-order valence-corrected chi connectivity index (χ3v) is 6.00. The summed E-state index contributed by atoms with van der Waals surface area (Å²) < 4.78 is 6.86. The Bertz CT molecular complexity index is 1210. The van der Waals surface area contributed by atoms with E-state index in [4.69, 9.17) is 4.74 Å². The number of ether oxygens (including phenoxy) is 1. The van der Waals surface area contributed by atoms with Crippen LogP contribution in [0.15, 0.2) is 59.5 Å². The number of hydrogen-bond acceptors (Lipinski definition) is 6. The number of aromatic nitrogens is 2. The second-order valence-electron chi connectivity index (χ2n) is 8.58. The lowest BCUT2D eigenvalue weighted by atomic mass is 9.92. The SMILES string of the molecule is CC(C)(C)c1cc(NC(=O)COC(=O)c2ccc3c(c2)NC(=O)CS3)n(-c2ccccc2)n1. The van der Waals surface area contributed by atoms with E-state index < -0.39 is 18.5 Å². The zero-order valence-corrected chi connectivity index (χ0v) is 19.4. The maximum Gasteiger partial charge on any atom is 0.338 e. The average molecular weight is 465 g/mol. The molecule has 33 heavy (non-hydrogen) atoms. The van der Waals surface area contributed by atoms with Crippen LogP contribution in [0.4, 0.5) is 11.5 Å². The highest BCUT2D eigenvalue weighted by molar-refractivity contribution is 8.00. The van der Waals surface area contributed by atoms with Gasteiger partial charge in [-0.2, -0.15) is 5.10 Å². The number of fused-ring (bicyclic) bond motifs is 1. The first-order valence-corrected chi connectivity index (χ1v) is 11.4. The van der Waals surface area contributed by atoms with E-state index in [0.29, 0.717) is 17.3 Å². The van der Waals surface area contributed by atoms with Crippen LogP contribution in [-0.2, 0) is 19.7 Å². The van der Waals surface area contributed by atoms with Gasteiger partial charge in [0.15, 0.2) is 6.61 Å². The van der Waals surface area contributed by atoms with Crippen molar-refractivity contribution in [2.24, 2.45) is 0 Å². The third kappa shape index (κ3) is 5.25. The van der Waals surface area contributed by atoms with Gasteiger partial charge >= 0.3 is 5.97 Å². The van der Waals surface area contributed by atoms with Gasteiger partial charge in [-0.25, -0.2) is 9.48 Å². The Kier molecular flexibility index (Phi) is 6.24. The Labute approximate surface area is 195 Å². The molecule has 2 aromatic carbocycles. The first-order valence-electron chi connectivity index (χ1n) is 10.4. The van der Waals surface area contributed by atoms with Gasteiger partial charge in [0.05, 0.1) is 28.4 Å².